The van der Waals surface area contributed by atoms with E-state index in [-0.39, 0.29) is 6.09 Å². The molecule has 23 heavy (non-hydrogen) atoms. The van der Waals surface area contributed by atoms with Crippen LogP contribution in [0.1, 0.15) is 91.4 Å². The van der Waals surface area contributed by atoms with Gasteiger partial charge in [-0.2, -0.15) is 0 Å². The molecule has 1 aliphatic carbocycles. The highest BCUT2D eigenvalue weighted by atomic mass is 16.6. The van der Waals surface area contributed by atoms with Gasteiger partial charge < -0.3 is 15.4 Å². The molecule has 0 bridgehead atoms. The first-order chi connectivity index (χ1) is 11.0. The number of alkyl carbamates (subject to hydrolysis) is 1. The van der Waals surface area contributed by atoms with E-state index in [2.05, 4.69) is 10.6 Å². The molecule has 1 amide bonds. The molecule has 0 unspecified atom stereocenters. The summed E-state index contributed by atoms with van der Waals surface area (Å²) in [7, 11) is 0. The fourth-order valence-electron chi connectivity index (χ4n) is 3.12. The molecule has 0 aromatic carbocycles. The lowest BCUT2D eigenvalue weighted by atomic mass is 9.98. The smallest absolute Gasteiger partial charge is 0.407 e. The molecule has 0 radical (unpaired) electrons. The lowest BCUT2D eigenvalue weighted by Crippen LogP contribution is -2.39. The Hall–Kier alpha value is -0.770. The Morgan fingerprint density at radius 1 is 0.870 bits per heavy atom. The van der Waals surface area contributed by atoms with Crippen LogP contribution in [-0.2, 0) is 4.74 Å². The zero-order valence-electron chi connectivity index (χ0n) is 15.6. The first-order valence-electron chi connectivity index (χ1n) is 9.67. The number of amides is 1. The van der Waals surface area contributed by atoms with E-state index >= 15 is 0 Å². The molecule has 1 fully saturated rings. The third kappa shape index (κ3) is 12.3. The Labute approximate surface area is 143 Å². The molecule has 1 rings (SSSR count). The van der Waals surface area contributed by atoms with Crippen molar-refractivity contribution in [1.29, 1.82) is 0 Å². The zero-order chi connectivity index (χ0) is 17.0. The van der Waals surface area contributed by atoms with Crippen LogP contribution in [0.25, 0.3) is 0 Å². The van der Waals surface area contributed by atoms with Crippen LogP contribution in [0.5, 0.6) is 0 Å². The minimum absolute atomic E-state index is 0.321. The van der Waals surface area contributed by atoms with Gasteiger partial charge in [-0.25, -0.2) is 4.79 Å². The summed E-state index contributed by atoms with van der Waals surface area (Å²) >= 11 is 0. The Balaban J connectivity index is 2.17. The Morgan fingerprint density at radius 2 is 1.35 bits per heavy atom. The predicted octanol–water partition coefficient (Wildman–Crippen LogP) is 4.77. The monoisotopic (exact) mass is 326 g/mol. The topological polar surface area (TPSA) is 50.4 Å². The lowest BCUT2D eigenvalue weighted by molar-refractivity contribution is 0.0528. The molecule has 0 aromatic rings. The van der Waals surface area contributed by atoms with Crippen molar-refractivity contribution in [2.24, 2.45) is 0 Å². The summed E-state index contributed by atoms with van der Waals surface area (Å²) < 4.78 is 5.24. The van der Waals surface area contributed by atoms with Gasteiger partial charge in [0.2, 0.25) is 0 Å². The number of carbonyl (C=O) groups is 1. The quantitative estimate of drug-likeness (QED) is 0.731. The highest BCUT2D eigenvalue weighted by molar-refractivity contribution is 5.67. The minimum Gasteiger partial charge on any atom is -0.444 e. The molecule has 0 aromatic heterocycles. The molecule has 0 heterocycles. The van der Waals surface area contributed by atoms with Crippen LogP contribution in [0.4, 0.5) is 4.79 Å². The van der Waals surface area contributed by atoms with Crippen molar-refractivity contribution in [3.8, 4) is 0 Å². The molecular formula is C19H38N2O2. The molecule has 4 nitrogen and oxygen atoms in total. The lowest BCUT2D eigenvalue weighted by Gasteiger charge is -2.21. The van der Waals surface area contributed by atoms with Crippen molar-refractivity contribution in [1.82, 2.24) is 10.6 Å². The molecule has 0 saturated heterocycles. The van der Waals surface area contributed by atoms with Crippen molar-refractivity contribution >= 4 is 6.09 Å². The van der Waals surface area contributed by atoms with Gasteiger partial charge in [0.25, 0.3) is 0 Å². The van der Waals surface area contributed by atoms with Crippen LogP contribution < -0.4 is 10.6 Å². The van der Waals surface area contributed by atoms with E-state index in [0.29, 0.717) is 12.6 Å². The van der Waals surface area contributed by atoms with Crippen LogP contribution in [0.2, 0.25) is 0 Å². The third-order valence-electron chi connectivity index (χ3n) is 4.33. The maximum atomic E-state index is 11.6. The highest BCUT2D eigenvalue weighted by Gasteiger charge is 2.15. The second-order valence-corrected chi connectivity index (χ2v) is 7.84. The summed E-state index contributed by atoms with van der Waals surface area (Å²) in [6, 6.07) is 0.606. The Kier molecular flexibility index (Phi) is 10.3. The highest BCUT2D eigenvalue weighted by Crippen LogP contribution is 2.16. The van der Waals surface area contributed by atoms with Crippen molar-refractivity contribution in [3.63, 3.8) is 0 Å². The molecule has 0 atom stereocenters. The largest absolute Gasteiger partial charge is 0.444 e. The van der Waals surface area contributed by atoms with Gasteiger partial charge in [0.15, 0.2) is 0 Å². The van der Waals surface area contributed by atoms with Gasteiger partial charge in [-0.3, -0.25) is 0 Å². The van der Waals surface area contributed by atoms with Crippen LogP contribution in [0.3, 0.4) is 0 Å². The maximum Gasteiger partial charge on any atom is 0.407 e. The van der Waals surface area contributed by atoms with Gasteiger partial charge in [0.05, 0.1) is 0 Å². The molecule has 4 heteroatoms. The number of rotatable bonds is 4. The van der Waals surface area contributed by atoms with Gasteiger partial charge in [-0.05, 0) is 33.6 Å². The van der Waals surface area contributed by atoms with Gasteiger partial charge in [0, 0.05) is 19.1 Å². The Bertz CT molecular complexity index is 301. The number of nitrogens with one attached hydrogen (secondary N) is 2. The van der Waals surface area contributed by atoms with E-state index in [0.717, 1.165) is 6.54 Å². The number of hydrogen-bond acceptors (Lipinski definition) is 3. The molecule has 0 spiro atoms. The maximum absolute atomic E-state index is 11.6. The van der Waals surface area contributed by atoms with Gasteiger partial charge in [-0.1, -0.05) is 57.8 Å². The number of ether oxygens (including phenoxy) is 1. The summed E-state index contributed by atoms with van der Waals surface area (Å²) in [6.45, 7) is 7.11. The van der Waals surface area contributed by atoms with Crippen LogP contribution in [0.15, 0.2) is 0 Å². The van der Waals surface area contributed by atoms with Crippen LogP contribution >= 0.6 is 0 Å². The van der Waals surface area contributed by atoms with E-state index in [1.807, 2.05) is 20.8 Å². The van der Waals surface area contributed by atoms with Crippen molar-refractivity contribution in [2.45, 2.75) is 103 Å². The fourth-order valence-corrected chi connectivity index (χ4v) is 3.12. The van der Waals surface area contributed by atoms with Crippen molar-refractivity contribution in [3.05, 3.63) is 0 Å². The van der Waals surface area contributed by atoms with E-state index in [9.17, 15) is 4.79 Å². The fraction of sp³-hybridized carbons (Fsp3) is 0.947. The summed E-state index contributed by atoms with van der Waals surface area (Å²) in [4.78, 5) is 11.6. The van der Waals surface area contributed by atoms with Gasteiger partial charge in [0.1, 0.15) is 5.60 Å². The normalized spacial score (nSPS) is 19.4. The minimum atomic E-state index is -0.426. The zero-order valence-corrected chi connectivity index (χ0v) is 15.6. The third-order valence-corrected chi connectivity index (χ3v) is 4.33. The average Bonchev–Trinajstić information content (AvgIpc) is 2.44. The van der Waals surface area contributed by atoms with E-state index in [1.54, 1.807) is 0 Å². The first kappa shape index (κ1) is 20.3. The van der Waals surface area contributed by atoms with E-state index in [4.69, 9.17) is 4.74 Å². The van der Waals surface area contributed by atoms with E-state index < -0.39 is 5.60 Å². The second-order valence-electron chi connectivity index (χ2n) is 7.84. The molecule has 136 valence electrons. The average molecular weight is 327 g/mol. The predicted molar refractivity (Wildman–Crippen MR) is 96.8 cm³/mol. The summed E-state index contributed by atoms with van der Waals surface area (Å²) in [6.07, 6.45) is 14.7. The van der Waals surface area contributed by atoms with Crippen molar-refractivity contribution in [2.75, 3.05) is 13.1 Å². The van der Waals surface area contributed by atoms with Crippen LogP contribution in [-0.4, -0.2) is 30.8 Å². The van der Waals surface area contributed by atoms with Gasteiger partial charge in [-0.15, -0.1) is 0 Å². The Morgan fingerprint density at radius 3 is 1.83 bits per heavy atom. The van der Waals surface area contributed by atoms with Crippen LogP contribution in [0, 0.1) is 0 Å². The molecular weight excluding hydrogens is 288 g/mol. The van der Waals surface area contributed by atoms with E-state index in [1.165, 1.54) is 70.6 Å². The summed E-state index contributed by atoms with van der Waals surface area (Å²) in [5.74, 6) is 0. The number of carbonyl (C=O) groups excluding carboxylic acids is 1. The SMILES string of the molecule is CC(C)(C)OC(=O)NCCNC1CCCCCCCCCCC1. The second kappa shape index (κ2) is 11.7. The first-order valence-corrected chi connectivity index (χ1v) is 9.67. The summed E-state index contributed by atoms with van der Waals surface area (Å²) in [5, 5.41) is 6.45. The molecule has 1 saturated carbocycles. The summed E-state index contributed by atoms with van der Waals surface area (Å²) in [5.41, 5.74) is -0.426. The van der Waals surface area contributed by atoms with Gasteiger partial charge >= 0.3 is 6.09 Å². The molecule has 0 aliphatic heterocycles. The van der Waals surface area contributed by atoms with Crippen molar-refractivity contribution < 1.29 is 9.53 Å². The molecule has 1 aliphatic rings. The molecule has 2 N–H and O–H groups in total. The number of hydrogen-bond donors (Lipinski definition) is 2. The standard InChI is InChI=1S/C19H38N2O2/c1-19(2,3)23-18(22)21-16-15-20-17-13-11-9-7-5-4-6-8-10-12-14-17/h17,20H,4-16H2,1-3H3,(H,21,22).